The second-order valence-electron chi connectivity index (χ2n) is 12.8. The van der Waals surface area contributed by atoms with Gasteiger partial charge >= 0.3 is 6.03 Å². The fourth-order valence-corrected chi connectivity index (χ4v) is 7.09. The summed E-state index contributed by atoms with van der Waals surface area (Å²) in [4.78, 5) is 45.8. The number of hydrogen-bond acceptors (Lipinski definition) is 7. The molecule has 1 aromatic carbocycles. The normalized spacial score (nSPS) is 21.3. The average molecular weight is 594 g/mol. The molecular formula is C33H39N9O2. The largest absolute Gasteiger partial charge is 0.369 e. The molecule has 0 radical (unpaired) electrons. The Kier molecular flexibility index (Phi) is 7.10. The Hall–Kier alpha value is -4.67. The smallest absolute Gasteiger partial charge is 0.318 e. The molecule has 0 unspecified atom stereocenters. The van der Waals surface area contributed by atoms with Crippen LogP contribution in [0.25, 0.3) is 5.52 Å². The number of rotatable bonds is 7. The molecule has 1 spiro atoms. The number of fused-ring (bicyclic) bond motifs is 1. The lowest BCUT2D eigenvalue weighted by Gasteiger charge is -2.39. The molecule has 228 valence electrons. The standard InChI is InChI=1S/C33H39N9O2/c1-24-18-26(40-13-8-32(2,21-40)25-6-4-3-5-7-25)19-37-28(24)30(43)36-12-16-41-22-33(38-31(41)44)9-14-39(15-10-33)29-27-20-34-23-42(27)17-11-35-29/h3-7,11,17-20,23H,8-10,12-16,21-22H2,1-2H3,(H,36,43)(H,38,44)/t32-/m0/s1. The molecule has 3 amide bonds. The number of carbonyl (C=O) groups is 2. The molecule has 44 heavy (non-hydrogen) atoms. The van der Waals surface area contributed by atoms with Crippen LogP contribution >= 0.6 is 0 Å². The number of imidazole rings is 1. The zero-order chi connectivity index (χ0) is 30.3. The third-order valence-electron chi connectivity index (χ3n) is 9.75. The number of hydrogen-bond donors (Lipinski definition) is 2. The highest BCUT2D eigenvalue weighted by Gasteiger charge is 2.44. The fraction of sp³-hybridized carbons (Fsp3) is 0.424. The monoisotopic (exact) mass is 593 g/mol. The van der Waals surface area contributed by atoms with Crippen molar-refractivity contribution >= 4 is 29.0 Å². The van der Waals surface area contributed by atoms with Crippen LogP contribution in [0.4, 0.5) is 16.3 Å². The van der Waals surface area contributed by atoms with Crippen molar-refractivity contribution in [1.29, 1.82) is 0 Å². The van der Waals surface area contributed by atoms with Gasteiger partial charge in [0, 0.05) is 63.6 Å². The van der Waals surface area contributed by atoms with Crippen LogP contribution in [-0.2, 0) is 5.41 Å². The van der Waals surface area contributed by atoms with Gasteiger partial charge in [-0.25, -0.2) is 19.7 Å². The molecule has 4 aromatic rings. The lowest BCUT2D eigenvalue weighted by Crippen LogP contribution is -2.52. The Labute approximate surface area is 257 Å². The molecular weight excluding hydrogens is 554 g/mol. The third-order valence-corrected chi connectivity index (χ3v) is 9.75. The van der Waals surface area contributed by atoms with Crippen molar-refractivity contribution in [1.82, 2.24) is 34.9 Å². The highest BCUT2D eigenvalue weighted by Crippen LogP contribution is 2.36. The van der Waals surface area contributed by atoms with Crippen molar-refractivity contribution in [2.75, 3.05) is 55.6 Å². The van der Waals surface area contributed by atoms with E-state index >= 15 is 0 Å². The van der Waals surface area contributed by atoms with Gasteiger partial charge in [0.15, 0.2) is 5.82 Å². The van der Waals surface area contributed by atoms with Crippen LogP contribution in [0.15, 0.2) is 67.5 Å². The van der Waals surface area contributed by atoms with Crippen molar-refractivity contribution in [3.8, 4) is 0 Å². The molecule has 3 aliphatic heterocycles. The van der Waals surface area contributed by atoms with Crippen LogP contribution in [0.3, 0.4) is 0 Å². The van der Waals surface area contributed by atoms with Gasteiger partial charge in [-0.15, -0.1) is 0 Å². The minimum Gasteiger partial charge on any atom is -0.369 e. The Morgan fingerprint density at radius 1 is 1.02 bits per heavy atom. The van der Waals surface area contributed by atoms with Crippen LogP contribution in [0.2, 0.25) is 0 Å². The van der Waals surface area contributed by atoms with Gasteiger partial charge < -0.3 is 29.7 Å². The van der Waals surface area contributed by atoms with E-state index in [4.69, 9.17) is 0 Å². The number of pyridine rings is 1. The second-order valence-corrected chi connectivity index (χ2v) is 12.8. The van der Waals surface area contributed by atoms with Crippen molar-refractivity contribution in [2.45, 2.75) is 44.1 Å². The first-order valence-corrected chi connectivity index (χ1v) is 15.5. The van der Waals surface area contributed by atoms with E-state index in [-0.39, 0.29) is 22.9 Å². The molecule has 0 aliphatic carbocycles. The number of anilines is 2. The van der Waals surface area contributed by atoms with E-state index < -0.39 is 0 Å². The van der Waals surface area contributed by atoms with E-state index in [2.05, 4.69) is 78.7 Å². The fourth-order valence-electron chi connectivity index (χ4n) is 7.09. The number of aromatic nitrogens is 4. The molecule has 3 aromatic heterocycles. The summed E-state index contributed by atoms with van der Waals surface area (Å²) in [7, 11) is 0. The van der Waals surface area contributed by atoms with E-state index in [1.807, 2.05) is 34.8 Å². The predicted molar refractivity (Wildman–Crippen MR) is 169 cm³/mol. The van der Waals surface area contributed by atoms with Gasteiger partial charge in [0.05, 0.1) is 29.9 Å². The van der Waals surface area contributed by atoms with E-state index in [9.17, 15) is 9.59 Å². The summed E-state index contributed by atoms with van der Waals surface area (Å²) in [5.41, 5.74) is 4.48. The van der Waals surface area contributed by atoms with Crippen LogP contribution in [-0.4, -0.2) is 87.5 Å². The Balaban J connectivity index is 0.910. The number of amides is 3. The van der Waals surface area contributed by atoms with E-state index in [1.54, 1.807) is 12.5 Å². The molecule has 7 rings (SSSR count). The SMILES string of the molecule is Cc1cc(N2CC[C@](C)(c3ccccc3)C2)cnc1C(=O)NCCN1CC2(CCN(c3nccn4cncc34)CC2)NC1=O. The number of nitrogens with one attached hydrogen (secondary N) is 2. The minimum absolute atomic E-state index is 0.0736. The van der Waals surface area contributed by atoms with Gasteiger partial charge in [-0.1, -0.05) is 37.3 Å². The Bertz CT molecular complexity index is 1680. The Morgan fingerprint density at radius 3 is 2.61 bits per heavy atom. The summed E-state index contributed by atoms with van der Waals surface area (Å²) in [5.74, 6) is 0.709. The first kappa shape index (κ1) is 28.1. The highest BCUT2D eigenvalue weighted by atomic mass is 16.2. The molecule has 0 saturated carbocycles. The first-order valence-electron chi connectivity index (χ1n) is 15.5. The summed E-state index contributed by atoms with van der Waals surface area (Å²) >= 11 is 0. The number of carbonyl (C=O) groups excluding carboxylic acids is 2. The maximum atomic E-state index is 13.1. The quantitative estimate of drug-likeness (QED) is 0.338. The van der Waals surface area contributed by atoms with E-state index in [0.717, 1.165) is 68.0 Å². The Morgan fingerprint density at radius 2 is 1.82 bits per heavy atom. The molecule has 11 nitrogen and oxygen atoms in total. The third kappa shape index (κ3) is 5.20. The summed E-state index contributed by atoms with van der Waals surface area (Å²) in [5, 5.41) is 6.23. The number of benzene rings is 1. The average Bonchev–Trinajstić information content (AvgIpc) is 3.76. The molecule has 3 saturated heterocycles. The van der Waals surface area contributed by atoms with Crippen LogP contribution in [0.5, 0.6) is 0 Å². The van der Waals surface area contributed by atoms with Crippen molar-refractivity contribution in [3.63, 3.8) is 0 Å². The van der Waals surface area contributed by atoms with Crippen LogP contribution in [0, 0.1) is 6.92 Å². The number of aryl methyl sites for hydroxylation is 1. The number of piperidine rings is 1. The molecule has 11 heteroatoms. The lowest BCUT2D eigenvalue weighted by molar-refractivity contribution is 0.0944. The van der Waals surface area contributed by atoms with Crippen LogP contribution in [0.1, 0.15) is 47.8 Å². The molecule has 3 aliphatic rings. The molecule has 3 fully saturated rings. The predicted octanol–water partition coefficient (Wildman–Crippen LogP) is 3.39. The van der Waals surface area contributed by atoms with Gasteiger partial charge in [0.25, 0.3) is 5.91 Å². The zero-order valence-corrected chi connectivity index (χ0v) is 25.4. The van der Waals surface area contributed by atoms with E-state index in [1.165, 1.54) is 5.56 Å². The van der Waals surface area contributed by atoms with Gasteiger partial charge in [-0.3, -0.25) is 4.79 Å². The molecule has 1 atom stereocenters. The summed E-state index contributed by atoms with van der Waals surface area (Å²) in [6.07, 6.45) is 11.8. The van der Waals surface area contributed by atoms with Crippen molar-refractivity contribution in [3.05, 3.63) is 84.3 Å². The molecule has 0 bridgehead atoms. The molecule has 6 heterocycles. The van der Waals surface area contributed by atoms with Gasteiger partial charge in [0.2, 0.25) is 0 Å². The second kappa shape index (κ2) is 11.1. The number of urea groups is 1. The van der Waals surface area contributed by atoms with E-state index in [0.29, 0.717) is 25.3 Å². The summed E-state index contributed by atoms with van der Waals surface area (Å²) < 4.78 is 1.97. The van der Waals surface area contributed by atoms with Crippen molar-refractivity contribution in [2.24, 2.45) is 0 Å². The summed E-state index contributed by atoms with van der Waals surface area (Å²) in [6.45, 7) is 9.16. The maximum Gasteiger partial charge on any atom is 0.318 e. The van der Waals surface area contributed by atoms with Crippen molar-refractivity contribution < 1.29 is 9.59 Å². The van der Waals surface area contributed by atoms with Gasteiger partial charge in [0.1, 0.15) is 11.2 Å². The lowest BCUT2D eigenvalue weighted by atomic mass is 9.82. The van der Waals surface area contributed by atoms with Gasteiger partial charge in [-0.05, 0) is 43.4 Å². The minimum atomic E-state index is -0.261. The summed E-state index contributed by atoms with van der Waals surface area (Å²) in [6, 6.07) is 12.7. The maximum absolute atomic E-state index is 13.1. The zero-order valence-electron chi connectivity index (χ0n) is 25.4. The highest BCUT2D eigenvalue weighted by molar-refractivity contribution is 5.94. The van der Waals surface area contributed by atoms with Gasteiger partial charge in [-0.2, -0.15) is 0 Å². The van der Waals surface area contributed by atoms with Crippen LogP contribution < -0.4 is 20.4 Å². The number of nitrogens with zero attached hydrogens (tertiary/aromatic N) is 7. The topological polar surface area (TPSA) is 111 Å². The first-order chi connectivity index (χ1) is 21.3. The molecule has 2 N–H and O–H groups in total.